The van der Waals surface area contributed by atoms with Crippen LogP contribution in [-0.2, 0) is 28.5 Å². The highest BCUT2D eigenvalue weighted by atomic mass is 32.1. The van der Waals surface area contributed by atoms with Crippen LogP contribution in [0.4, 0.5) is 0 Å². The van der Waals surface area contributed by atoms with Gasteiger partial charge in [0.1, 0.15) is 11.9 Å². The lowest BCUT2D eigenvalue weighted by Gasteiger charge is -2.27. The molecule has 0 aromatic heterocycles. The second-order valence-electron chi connectivity index (χ2n) is 17.4. The number of carbonyl (C=O) groups excluding carboxylic acids is 2. The van der Waals surface area contributed by atoms with Gasteiger partial charge in [0.15, 0.2) is 0 Å². The van der Waals surface area contributed by atoms with E-state index in [-0.39, 0.29) is 23.9 Å². The summed E-state index contributed by atoms with van der Waals surface area (Å²) in [7, 11) is 1.84. The van der Waals surface area contributed by atoms with Crippen LogP contribution in [0.3, 0.4) is 0 Å². The van der Waals surface area contributed by atoms with E-state index >= 15 is 0 Å². The van der Waals surface area contributed by atoms with Gasteiger partial charge in [-0.05, 0) is 83.1 Å². The molecule has 350 valence electrons. The second kappa shape index (κ2) is 40.9. The molecule has 0 aromatic carbocycles. The zero-order valence-corrected chi connectivity index (χ0v) is 41.0. The fourth-order valence-electron chi connectivity index (χ4n) is 7.55. The van der Waals surface area contributed by atoms with Crippen LogP contribution < -0.4 is 0 Å². The van der Waals surface area contributed by atoms with E-state index in [4.69, 9.17) is 18.9 Å². The number of carbonyl (C=O) groups is 2. The number of rotatable bonds is 45. The number of thiol groups is 1. The van der Waals surface area contributed by atoms with E-state index in [1.165, 1.54) is 57.8 Å². The van der Waals surface area contributed by atoms with Gasteiger partial charge in [0.2, 0.25) is 0 Å². The molecule has 0 saturated carbocycles. The van der Waals surface area contributed by atoms with Crippen LogP contribution in [0.25, 0.3) is 0 Å². The highest BCUT2D eigenvalue weighted by molar-refractivity contribution is 7.77. The minimum absolute atomic E-state index is 0.136. The minimum atomic E-state index is -0.168. The summed E-state index contributed by atoms with van der Waals surface area (Å²) in [5, 5.41) is 0. The van der Waals surface area contributed by atoms with E-state index < -0.39 is 0 Å². The zero-order valence-electron chi connectivity index (χ0n) is 40.1. The van der Waals surface area contributed by atoms with Crippen LogP contribution in [0, 0.1) is 17.8 Å². The molecule has 7 nitrogen and oxygen atoms in total. The summed E-state index contributed by atoms with van der Waals surface area (Å²) >= 11 is 4.27. The Bertz CT molecular complexity index is 1100. The maximum Gasteiger partial charge on any atom is 0.307 e. The van der Waals surface area contributed by atoms with Crippen molar-refractivity contribution in [2.45, 2.75) is 221 Å². The topological polar surface area (TPSA) is 74.3 Å². The third-order valence-corrected chi connectivity index (χ3v) is 11.7. The molecule has 0 aliphatic rings. The number of hydrogen-bond donors (Lipinski definition) is 1. The van der Waals surface area contributed by atoms with Crippen LogP contribution >= 0.6 is 12.8 Å². The van der Waals surface area contributed by atoms with Crippen molar-refractivity contribution >= 4 is 24.6 Å². The van der Waals surface area contributed by atoms with Crippen LogP contribution in [0.2, 0.25) is 0 Å². The van der Waals surface area contributed by atoms with E-state index in [0.29, 0.717) is 57.3 Å². The van der Waals surface area contributed by atoms with Gasteiger partial charge in [-0.2, -0.15) is 0 Å². The molecule has 0 N–H and O–H groups in total. The first-order valence-corrected chi connectivity index (χ1v) is 25.1. The lowest BCUT2D eigenvalue weighted by molar-refractivity contribution is -0.152. The summed E-state index contributed by atoms with van der Waals surface area (Å²) < 4.78 is 26.2. The van der Waals surface area contributed by atoms with Gasteiger partial charge < -0.3 is 18.9 Å². The molecular weight excluding hydrogens is 767 g/mol. The van der Waals surface area contributed by atoms with Gasteiger partial charge in [0, 0.05) is 44.6 Å². The van der Waals surface area contributed by atoms with Gasteiger partial charge >= 0.3 is 5.97 Å². The molecule has 0 saturated heterocycles. The van der Waals surface area contributed by atoms with Crippen LogP contribution in [-0.4, -0.2) is 55.6 Å². The van der Waals surface area contributed by atoms with Crippen molar-refractivity contribution < 1.29 is 28.5 Å². The predicted molar refractivity (Wildman–Crippen MR) is 259 cm³/mol. The predicted octanol–water partition coefficient (Wildman–Crippen LogP) is 15.3. The lowest BCUT2D eigenvalue weighted by atomic mass is 9.89. The van der Waals surface area contributed by atoms with Gasteiger partial charge in [0.25, 0.3) is 0 Å². The molecule has 0 aliphatic carbocycles. The quantitative estimate of drug-likeness (QED) is 0.0215. The number of esters is 1. The van der Waals surface area contributed by atoms with E-state index in [9.17, 15) is 9.59 Å². The summed E-state index contributed by atoms with van der Waals surface area (Å²) in [6.45, 7) is 25.9. The highest BCUT2D eigenvalue weighted by Gasteiger charge is 2.24. The van der Waals surface area contributed by atoms with Gasteiger partial charge in [-0.25, -0.2) is 0 Å². The van der Waals surface area contributed by atoms with E-state index in [0.717, 1.165) is 120 Å². The van der Waals surface area contributed by atoms with Crippen LogP contribution in [0.15, 0.2) is 49.2 Å². The van der Waals surface area contributed by atoms with Crippen LogP contribution in [0.1, 0.15) is 214 Å². The van der Waals surface area contributed by atoms with Crippen molar-refractivity contribution in [3.8, 4) is 0 Å². The third kappa shape index (κ3) is 35.4. The average molecular weight is 862 g/mol. The first kappa shape index (κ1) is 57.8. The van der Waals surface area contributed by atoms with Gasteiger partial charge in [-0.1, -0.05) is 156 Å². The number of nitrogens with zero attached hydrogens (tertiary/aromatic N) is 1. The van der Waals surface area contributed by atoms with E-state index in [2.05, 4.69) is 79.3 Å². The fourth-order valence-corrected chi connectivity index (χ4v) is 7.65. The van der Waals surface area contributed by atoms with Crippen molar-refractivity contribution in [1.29, 1.82) is 0 Å². The number of unbranched alkanes of at least 4 members (excludes halogenated alkanes) is 10. The summed E-state index contributed by atoms with van der Waals surface area (Å²) in [5.41, 5.74) is 0. The Balaban J connectivity index is 5.26. The Morgan fingerprint density at radius 2 is 1.13 bits per heavy atom. The van der Waals surface area contributed by atoms with Gasteiger partial charge in [-0.15, -0.1) is 0 Å². The molecule has 0 heterocycles. The first-order chi connectivity index (χ1) is 29.0. The zero-order chi connectivity index (χ0) is 44.6. The molecule has 0 fully saturated rings. The molecule has 3 unspecified atom stereocenters. The Hall–Kier alpha value is -2.19. The molecule has 0 amide bonds. The monoisotopic (exact) mass is 862 g/mol. The molecular formula is C52H95NO6S. The normalized spacial score (nSPS) is 13.1. The van der Waals surface area contributed by atoms with Crippen molar-refractivity contribution in [1.82, 2.24) is 4.31 Å². The summed E-state index contributed by atoms with van der Waals surface area (Å²) in [5.74, 6) is 3.47. The Kier molecular flexibility index (Phi) is 39.4. The maximum absolute atomic E-state index is 13.4. The third-order valence-electron chi connectivity index (χ3n) is 11.5. The number of Topliss-reactive ketones (excluding diaryl/α,β-unsaturated/α-hetero) is 1. The van der Waals surface area contributed by atoms with Gasteiger partial charge in [-0.3, -0.25) is 13.9 Å². The fraction of sp³-hybridized carbons (Fsp3) is 0.808. The smallest absolute Gasteiger partial charge is 0.307 e. The average Bonchev–Trinajstić information content (AvgIpc) is 3.21. The number of allylic oxidation sites excluding steroid dienone is 5. The molecule has 0 spiro atoms. The van der Waals surface area contributed by atoms with Crippen molar-refractivity contribution in [3.63, 3.8) is 0 Å². The molecule has 3 atom stereocenters. The molecule has 0 bridgehead atoms. The van der Waals surface area contributed by atoms with Crippen molar-refractivity contribution in [3.05, 3.63) is 49.2 Å². The summed E-state index contributed by atoms with van der Waals surface area (Å²) in [6, 6.07) is 0. The highest BCUT2D eigenvalue weighted by Crippen LogP contribution is 2.27. The van der Waals surface area contributed by atoms with Crippen LogP contribution in [0.5, 0.6) is 0 Å². The number of ether oxygens (including phenoxy) is 4. The molecule has 0 aliphatic heterocycles. The Morgan fingerprint density at radius 3 is 1.73 bits per heavy atom. The standard InChI is InChI=1S/C52H95NO6S/c1-10-15-19-20-21-25-31-47(38-40-56-46(8)35-36-49(33-24-18-13-4)51(28-14-5)59-52(55)37-39-53(9)60)41-50(54)34-27-26-32-48(42-57-44(6)29-22-16-11-2)43-58-45(7)30-23-17-12-3/h18,24,47-49,51,60H,6-8,10-17,19-23,25-43H2,1-5,9H3/b24-18-. The maximum atomic E-state index is 13.4. The molecule has 0 radical (unpaired) electrons. The second-order valence-corrected chi connectivity index (χ2v) is 18.1. The molecule has 0 aromatic rings. The summed E-state index contributed by atoms with van der Waals surface area (Å²) in [6.07, 6.45) is 32.0. The largest absolute Gasteiger partial charge is 0.499 e. The SMILES string of the molecule is C=C(CCC(C/C=C\CC)C(CCC)OC(=O)CCN(C)S)OCCC(CCCCCCCC)CC(=O)CCCCC(COC(=C)CCCCC)COC(=C)CCCCC. The number of ketones is 1. The minimum Gasteiger partial charge on any atom is -0.499 e. The Morgan fingerprint density at radius 1 is 0.583 bits per heavy atom. The van der Waals surface area contributed by atoms with Crippen molar-refractivity contribution in [2.24, 2.45) is 17.8 Å². The molecule has 60 heavy (non-hydrogen) atoms. The van der Waals surface area contributed by atoms with E-state index in [1.807, 2.05) is 7.05 Å². The van der Waals surface area contributed by atoms with Crippen molar-refractivity contribution in [2.75, 3.05) is 33.4 Å². The molecule has 0 rings (SSSR count). The number of hydrogen-bond acceptors (Lipinski definition) is 8. The Labute approximate surface area is 376 Å². The summed E-state index contributed by atoms with van der Waals surface area (Å²) in [4.78, 5) is 26.1. The first-order valence-electron chi connectivity index (χ1n) is 24.7. The van der Waals surface area contributed by atoms with Gasteiger partial charge in [0.05, 0.1) is 43.5 Å². The van der Waals surface area contributed by atoms with E-state index in [1.54, 1.807) is 4.31 Å². The lowest BCUT2D eigenvalue weighted by Crippen LogP contribution is -2.28. The molecule has 8 heteroatoms.